The van der Waals surface area contributed by atoms with Gasteiger partial charge in [-0.2, -0.15) is 0 Å². The van der Waals surface area contributed by atoms with Gasteiger partial charge in [-0.25, -0.2) is 0 Å². The molecule has 0 aliphatic rings. The quantitative estimate of drug-likeness (QED) is 0.265. The van der Waals surface area contributed by atoms with E-state index in [2.05, 4.69) is 13.8 Å². The van der Waals surface area contributed by atoms with E-state index in [-0.39, 0.29) is 23.4 Å². The van der Waals surface area contributed by atoms with Crippen LogP contribution in [-0.2, 0) is 9.59 Å². The van der Waals surface area contributed by atoms with Gasteiger partial charge in [0.15, 0.2) is 11.5 Å². The zero-order chi connectivity index (χ0) is 19.2. The molecule has 146 valence electrons. The van der Waals surface area contributed by atoms with Gasteiger partial charge in [0.05, 0.1) is 6.61 Å². The van der Waals surface area contributed by atoms with E-state index >= 15 is 0 Å². The van der Waals surface area contributed by atoms with Crippen molar-refractivity contribution in [2.45, 2.75) is 78.6 Å². The summed E-state index contributed by atoms with van der Waals surface area (Å²) in [6.45, 7) is 6.74. The maximum atomic E-state index is 12.1. The molecule has 5 heteroatoms. The second kappa shape index (κ2) is 13.2. The van der Waals surface area contributed by atoms with E-state index in [1.54, 1.807) is 18.2 Å². The highest BCUT2D eigenvalue weighted by atomic mass is 16.6. The molecule has 0 amide bonds. The fraction of sp³-hybridized carbons (Fsp3) is 0.619. The average molecular weight is 364 g/mol. The van der Waals surface area contributed by atoms with Crippen LogP contribution in [0.25, 0.3) is 0 Å². The standard InChI is InChI=1S/C21H32O5/c1-4-7-9-11-20(22)25-18-14-13-17(24-15-6-3)16-19(18)26-21(23)12-10-8-5-2/h13-14,16H,4-12,15H2,1-3H3. The van der Waals surface area contributed by atoms with Crippen LogP contribution in [0.2, 0.25) is 0 Å². The van der Waals surface area contributed by atoms with Gasteiger partial charge in [0.2, 0.25) is 0 Å². The monoisotopic (exact) mass is 364 g/mol. The van der Waals surface area contributed by atoms with Crippen LogP contribution in [-0.4, -0.2) is 18.5 Å². The number of ether oxygens (including phenoxy) is 3. The van der Waals surface area contributed by atoms with Crippen molar-refractivity contribution in [3.8, 4) is 17.2 Å². The molecule has 0 bridgehead atoms. The van der Waals surface area contributed by atoms with Crippen molar-refractivity contribution in [2.24, 2.45) is 0 Å². The molecule has 0 saturated carbocycles. The van der Waals surface area contributed by atoms with E-state index in [1.807, 2.05) is 6.92 Å². The van der Waals surface area contributed by atoms with Gasteiger partial charge in [-0.1, -0.05) is 46.5 Å². The van der Waals surface area contributed by atoms with Gasteiger partial charge in [0.1, 0.15) is 5.75 Å². The summed E-state index contributed by atoms with van der Waals surface area (Å²) in [4.78, 5) is 24.1. The summed E-state index contributed by atoms with van der Waals surface area (Å²) < 4.78 is 16.4. The average Bonchev–Trinajstić information content (AvgIpc) is 2.62. The Hall–Kier alpha value is -2.04. The molecular weight excluding hydrogens is 332 g/mol. The Balaban J connectivity index is 2.79. The Morgan fingerprint density at radius 1 is 0.769 bits per heavy atom. The first kappa shape index (κ1) is 22.0. The highest BCUT2D eigenvalue weighted by molar-refractivity contribution is 5.76. The Morgan fingerprint density at radius 2 is 1.35 bits per heavy atom. The lowest BCUT2D eigenvalue weighted by Crippen LogP contribution is -2.12. The maximum absolute atomic E-state index is 12.1. The lowest BCUT2D eigenvalue weighted by atomic mass is 10.2. The van der Waals surface area contributed by atoms with E-state index in [0.717, 1.165) is 44.9 Å². The van der Waals surface area contributed by atoms with Gasteiger partial charge in [-0.05, 0) is 31.4 Å². The molecule has 0 atom stereocenters. The summed E-state index contributed by atoms with van der Waals surface area (Å²) in [5, 5.41) is 0. The lowest BCUT2D eigenvalue weighted by molar-refractivity contribution is -0.137. The second-order valence-electron chi connectivity index (χ2n) is 6.32. The molecule has 1 aromatic carbocycles. The van der Waals surface area contributed by atoms with Gasteiger partial charge < -0.3 is 14.2 Å². The third kappa shape index (κ3) is 8.88. The van der Waals surface area contributed by atoms with Crippen molar-refractivity contribution in [3.05, 3.63) is 18.2 Å². The number of unbranched alkanes of at least 4 members (excludes halogenated alkanes) is 4. The van der Waals surface area contributed by atoms with Crippen molar-refractivity contribution in [1.29, 1.82) is 0 Å². The summed E-state index contributed by atoms with van der Waals surface area (Å²) >= 11 is 0. The van der Waals surface area contributed by atoms with Crippen molar-refractivity contribution in [1.82, 2.24) is 0 Å². The number of carbonyl (C=O) groups is 2. The SMILES string of the molecule is CCCCCC(=O)Oc1ccc(OCCC)cc1OC(=O)CCCCC. The van der Waals surface area contributed by atoms with Crippen LogP contribution in [0.1, 0.15) is 78.6 Å². The summed E-state index contributed by atoms with van der Waals surface area (Å²) in [5.41, 5.74) is 0. The van der Waals surface area contributed by atoms with Crippen molar-refractivity contribution in [3.63, 3.8) is 0 Å². The first-order chi connectivity index (χ1) is 12.6. The summed E-state index contributed by atoms with van der Waals surface area (Å²) in [6.07, 6.45) is 7.19. The van der Waals surface area contributed by atoms with E-state index in [4.69, 9.17) is 14.2 Å². The van der Waals surface area contributed by atoms with Crippen LogP contribution in [0.5, 0.6) is 17.2 Å². The summed E-state index contributed by atoms with van der Waals surface area (Å²) in [5.74, 6) is 0.454. The molecule has 1 aromatic rings. The third-order valence-electron chi connectivity index (χ3n) is 3.80. The third-order valence-corrected chi connectivity index (χ3v) is 3.80. The Kier molecular flexibility index (Phi) is 11.2. The van der Waals surface area contributed by atoms with Gasteiger partial charge >= 0.3 is 11.9 Å². The molecule has 0 N–H and O–H groups in total. The predicted molar refractivity (Wildman–Crippen MR) is 102 cm³/mol. The van der Waals surface area contributed by atoms with Crippen molar-refractivity contribution in [2.75, 3.05) is 6.61 Å². The highest BCUT2D eigenvalue weighted by Gasteiger charge is 2.15. The minimum atomic E-state index is -0.325. The number of carbonyl (C=O) groups excluding carboxylic acids is 2. The summed E-state index contributed by atoms with van der Waals surface area (Å²) in [6, 6.07) is 4.96. The van der Waals surface area contributed by atoms with E-state index in [0.29, 0.717) is 25.2 Å². The first-order valence-electron chi connectivity index (χ1n) is 9.78. The van der Waals surface area contributed by atoms with Gasteiger partial charge in [-0.15, -0.1) is 0 Å². The second-order valence-corrected chi connectivity index (χ2v) is 6.32. The molecule has 0 aliphatic heterocycles. The smallest absolute Gasteiger partial charge is 0.311 e. The van der Waals surface area contributed by atoms with Crippen LogP contribution in [0.4, 0.5) is 0 Å². The lowest BCUT2D eigenvalue weighted by Gasteiger charge is -2.13. The molecular formula is C21H32O5. The van der Waals surface area contributed by atoms with Crippen LogP contribution >= 0.6 is 0 Å². The molecule has 0 aliphatic carbocycles. The minimum absolute atomic E-state index is 0.240. The summed E-state index contributed by atoms with van der Waals surface area (Å²) in [7, 11) is 0. The molecule has 26 heavy (non-hydrogen) atoms. The first-order valence-corrected chi connectivity index (χ1v) is 9.78. The van der Waals surface area contributed by atoms with Gasteiger partial charge in [-0.3, -0.25) is 9.59 Å². The number of hydrogen-bond acceptors (Lipinski definition) is 5. The molecule has 1 rings (SSSR count). The fourth-order valence-corrected chi connectivity index (χ4v) is 2.35. The highest BCUT2D eigenvalue weighted by Crippen LogP contribution is 2.32. The van der Waals surface area contributed by atoms with Crippen molar-refractivity contribution >= 4 is 11.9 Å². The predicted octanol–water partition coefficient (Wildman–Crippen LogP) is 5.45. The number of esters is 2. The van der Waals surface area contributed by atoms with Crippen LogP contribution < -0.4 is 14.2 Å². The minimum Gasteiger partial charge on any atom is -0.493 e. The van der Waals surface area contributed by atoms with Crippen LogP contribution in [0.3, 0.4) is 0 Å². The molecule has 0 fully saturated rings. The Labute approximate surface area is 157 Å². The van der Waals surface area contributed by atoms with E-state index in [9.17, 15) is 9.59 Å². The van der Waals surface area contributed by atoms with Gasteiger partial charge in [0.25, 0.3) is 0 Å². The van der Waals surface area contributed by atoms with Crippen molar-refractivity contribution < 1.29 is 23.8 Å². The number of benzene rings is 1. The Bertz CT molecular complexity index is 553. The maximum Gasteiger partial charge on any atom is 0.311 e. The van der Waals surface area contributed by atoms with E-state index < -0.39 is 0 Å². The van der Waals surface area contributed by atoms with Gasteiger partial charge in [0, 0.05) is 18.9 Å². The fourth-order valence-electron chi connectivity index (χ4n) is 2.35. The molecule has 5 nitrogen and oxygen atoms in total. The zero-order valence-electron chi connectivity index (χ0n) is 16.3. The molecule has 0 heterocycles. The van der Waals surface area contributed by atoms with Crippen LogP contribution in [0.15, 0.2) is 18.2 Å². The largest absolute Gasteiger partial charge is 0.493 e. The molecule has 0 radical (unpaired) electrons. The molecule has 0 unspecified atom stereocenters. The normalized spacial score (nSPS) is 10.4. The molecule has 0 spiro atoms. The zero-order valence-corrected chi connectivity index (χ0v) is 16.3. The van der Waals surface area contributed by atoms with Crippen LogP contribution in [0, 0.1) is 0 Å². The molecule has 0 aromatic heterocycles. The number of rotatable bonds is 13. The number of hydrogen-bond donors (Lipinski definition) is 0. The Morgan fingerprint density at radius 3 is 1.88 bits per heavy atom. The topological polar surface area (TPSA) is 61.8 Å². The van der Waals surface area contributed by atoms with E-state index in [1.165, 1.54) is 0 Å². The molecule has 0 saturated heterocycles.